The molecule has 0 aliphatic carbocycles. The van der Waals surface area contributed by atoms with Gasteiger partial charge in [-0.3, -0.25) is 9.78 Å². The van der Waals surface area contributed by atoms with Crippen molar-refractivity contribution in [3.8, 4) is 22.8 Å². The Morgan fingerprint density at radius 3 is 2.64 bits per heavy atom. The molecule has 1 amide bonds. The van der Waals surface area contributed by atoms with E-state index in [1.807, 2.05) is 12.1 Å². The van der Waals surface area contributed by atoms with E-state index in [0.717, 1.165) is 5.56 Å². The first-order chi connectivity index (χ1) is 13.7. The van der Waals surface area contributed by atoms with Crippen LogP contribution < -0.4 is 5.32 Å². The number of benzene rings is 2. The summed E-state index contributed by atoms with van der Waals surface area (Å²) in [6.45, 7) is 0.353. The lowest BCUT2D eigenvalue weighted by Gasteiger charge is -2.07. The van der Waals surface area contributed by atoms with Crippen LogP contribution in [0.4, 0.5) is 4.39 Å². The van der Waals surface area contributed by atoms with Gasteiger partial charge in [0.25, 0.3) is 11.8 Å². The Kier molecular flexibility index (Phi) is 4.88. The van der Waals surface area contributed by atoms with E-state index < -0.39 is 0 Å². The topological polar surface area (TPSA) is 80.9 Å². The maximum atomic E-state index is 13.1. The fraction of sp³-hybridized carbons (Fsp3) is 0.0476. The normalized spacial score (nSPS) is 10.6. The molecule has 7 heteroatoms. The number of pyridine rings is 1. The van der Waals surface area contributed by atoms with Crippen LogP contribution >= 0.6 is 0 Å². The predicted octanol–water partition coefficient (Wildman–Crippen LogP) is 3.87. The summed E-state index contributed by atoms with van der Waals surface area (Å²) in [4.78, 5) is 21.0. The SMILES string of the molecule is O=C(NCc1cccnc1)c1ccccc1-c1nc(-c2ccc(F)cc2)no1. The molecular formula is C21H15FN4O2. The van der Waals surface area contributed by atoms with E-state index in [4.69, 9.17) is 4.52 Å². The van der Waals surface area contributed by atoms with Crippen LogP contribution in [-0.4, -0.2) is 21.0 Å². The van der Waals surface area contributed by atoms with Crippen LogP contribution in [-0.2, 0) is 6.54 Å². The highest BCUT2D eigenvalue weighted by molar-refractivity contribution is 5.99. The van der Waals surface area contributed by atoms with Gasteiger partial charge in [-0.15, -0.1) is 0 Å². The number of nitrogens with one attached hydrogen (secondary N) is 1. The van der Waals surface area contributed by atoms with E-state index in [1.165, 1.54) is 12.1 Å². The zero-order valence-electron chi connectivity index (χ0n) is 14.7. The number of rotatable bonds is 5. The zero-order chi connectivity index (χ0) is 19.3. The molecule has 0 atom stereocenters. The maximum absolute atomic E-state index is 13.1. The molecule has 0 spiro atoms. The van der Waals surface area contributed by atoms with E-state index in [1.54, 1.807) is 48.8 Å². The van der Waals surface area contributed by atoms with Gasteiger partial charge in [-0.25, -0.2) is 4.39 Å². The number of amides is 1. The van der Waals surface area contributed by atoms with Gasteiger partial charge in [0.05, 0.1) is 11.1 Å². The first-order valence-corrected chi connectivity index (χ1v) is 8.57. The molecule has 28 heavy (non-hydrogen) atoms. The third kappa shape index (κ3) is 3.78. The molecule has 6 nitrogen and oxygen atoms in total. The van der Waals surface area contributed by atoms with Crippen molar-refractivity contribution in [2.75, 3.05) is 0 Å². The summed E-state index contributed by atoms with van der Waals surface area (Å²) in [6, 6.07) is 16.5. The highest BCUT2D eigenvalue weighted by atomic mass is 19.1. The van der Waals surface area contributed by atoms with E-state index in [2.05, 4.69) is 20.4 Å². The fourth-order valence-electron chi connectivity index (χ4n) is 2.70. The lowest BCUT2D eigenvalue weighted by atomic mass is 10.1. The summed E-state index contributed by atoms with van der Waals surface area (Å²) in [7, 11) is 0. The number of halogens is 1. The minimum atomic E-state index is -0.344. The van der Waals surface area contributed by atoms with Gasteiger partial charge >= 0.3 is 0 Å². The molecule has 2 aromatic carbocycles. The summed E-state index contributed by atoms with van der Waals surface area (Å²) in [5, 5.41) is 6.80. The van der Waals surface area contributed by atoms with E-state index in [-0.39, 0.29) is 17.6 Å². The molecule has 0 unspecified atom stereocenters. The summed E-state index contributed by atoms with van der Waals surface area (Å²) in [5.41, 5.74) is 2.45. The van der Waals surface area contributed by atoms with E-state index in [0.29, 0.717) is 29.1 Å². The van der Waals surface area contributed by atoms with Gasteiger partial charge < -0.3 is 9.84 Å². The molecule has 2 heterocycles. The zero-order valence-corrected chi connectivity index (χ0v) is 14.7. The molecule has 0 bridgehead atoms. The van der Waals surface area contributed by atoms with Gasteiger partial charge in [-0.1, -0.05) is 23.4 Å². The minimum absolute atomic E-state index is 0.214. The van der Waals surface area contributed by atoms with Crippen molar-refractivity contribution >= 4 is 5.91 Å². The van der Waals surface area contributed by atoms with Crippen LogP contribution in [0.2, 0.25) is 0 Å². The van der Waals surface area contributed by atoms with Crippen LogP contribution in [0.5, 0.6) is 0 Å². The van der Waals surface area contributed by atoms with Crippen molar-refractivity contribution in [2.45, 2.75) is 6.54 Å². The van der Waals surface area contributed by atoms with Gasteiger partial charge in [0.2, 0.25) is 5.82 Å². The van der Waals surface area contributed by atoms with Crippen molar-refractivity contribution in [1.82, 2.24) is 20.4 Å². The molecule has 0 saturated carbocycles. The van der Waals surface area contributed by atoms with Gasteiger partial charge in [-0.05, 0) is 48.0 Å². The monoisotopic (exact) mass is 374 g/mol. The van der Waals surface area contributed by atoms with Gasteiger partial charge in [0.15, 0.2) is 0 Å². The maximum Gasteiger partial charge on any atom is 0.259 e. The highest BCUT2D eigenvalue weighted by Crippen LogP contribution is 2.25. The number of hydrogen-bond donors (Lipinski definition) is 1. The summed E-state index contributed by atoms with van der Waals surface area (Å²) < 4.78 is 18.4. The Bertz CT molecular complexity index is 1090. The second-order valence-electron chi connectivity index (χ2n) is 6.02. The summed E-state index contributed by atoms with van der Waals surface area (Å²) in [6.07, 6.45) is 3.37. The van der Waals surface area contributed by atoms with Gasteiger partial charge in [0.1, 0.15) is 5.82 Å². The van der Waals surface area contributed by atoms with Crippen molar-refractivity contribution in [2.24, 2.45) is 0 Å². The molecule has 138 valence electrons. The smallest absolute Gasteiger partial charge is 0.259 e. The van der Waals surface area contributed by atoms with Crippen LogP contribution in [0, 0.1) is 5.82 Å². The Labute approximate surface area is 160 Å². The molecule has 0 radical (unpaired) electrons. The number of carbonyl (C=O) groups excluding carboxylic acids is 1. The second kappa shape index (κ2) is 7.79. The number of carbonyl (C=O) groups is 1. The minimum Gasteiger partial charge on any atom is -0.348 e. The Morgan fingerprint density at radius 1 is 1.04 bits per heavy atom. The second-order valence-corrected chi connectivity index (χ2v) is 6.02. The average molecular weight is 374 g/mol. The van der Waals surface area contributed by atoms with Gasteiger partial charge in [0, 0.05) is 24.5 Å². The number of nitrogens with zero attached hydrogens (tertiary/aromatic N) is 3. The first-order valence-electron chi connectivity index (χ1n) is 8.57. The van der Waals surface area contributed by atoms with Gasteiger partial charge in [-0.2, -0.15) is 4.98 Å². The van der Waals surface area contributed by atoms with Crippen molar-refractivity contribution < 1.29 is 13.7 Å². The van der Waals surface area contributed by atoms with Crippen LogP contribution in [0.3, 0.4) is 0 Å². The third-order valence-corrected chi connectivity index (χ3v) is 4.11. The van der Waals surface area contributed by atoms with Crippen molar-refractivity contribution in [3.63, 3.8) is 0 Å². The lowest BCUT2D eigenvalue weighted by molar-refractivity contribution is 0.0951. The Hall–Kier alpha value is -3.87. The predicted molar refractivity (Wildman–Crippen MR) is 101 cm³/mol. The number of aromatic nitrogens is 3. The van der Waals surface area contributed by atoms with Crippen LogP contribution in [0.15, 0.2) is 77.6 Å². The lowest BCUT2D eigenvalue weighted by Crippen LogP contribution is -2.23. The quantitative estimate of drug-likeness (QED) is 0.574. The standard InChI is InChI=1S/C21H15FN4O2/c22-16-9-7-15(8-10-16)19-25-21(28-26-19)18-6-2-1-5-17(18)20(27)24-13-14-4-3-11-23-12-14/h1-12H,13H2,(H,24,27). The average Bonchev–Trinajstić information content (AvgIpc) is 3.23. The fourth-order valence-corrected chi connectivity index (χ4v) is 2.70. The van der Waals surface area contributed by atoms with Crippen molar-refractivity contribution in [3.05, 3.63) is 90.0 Å². The highest BCUT2D eigenvalue weighted by Gasteiger charge is 2.18. The number of hydrogen-bond acceptors (Lipinski definition) is 5. The van der Waals surface area contributed by atoms with Crippen molar-refractivity contribution in [1.29, 1.82) is 0 Å². The third-order valence-electron chi connectivity index (χ3n) is 4.11. The molecule has 4 rings (SSSR count). The molecule has 0 fully saturated rings. The van der Waals surface area contributed by atoms with E-state index in [9.17, 15) is 9.18 Å². The largest absolute Gasteiger partial charge is 0.348 e. The molecule has 1 N–H and O–H groups in total. The molecule has 0 aliphatic rings. The first kappa shape index (κ1) is 17.5. The molecule has 4 aromatic rings. The van der Waals surface area contributed by atoms with E-state index >= 15 is 0 Å². The molecule has 0 aliphatic heterocycles. The summed E-state index contributed by atoms with van der Waals surface area (Å²) >= 11 is 0. The molecule has 0 saturated heterocycles. The van der Waals surface area contributed by atoms with Crippen LogP contribution in [0.25, 0.3) is 22.8 Å². The summed E-state index contributed by atoms with van der Waals surface area (Å²) in [5.74, 6) is -0.0730. The Morgan fingerprint density at radius 2 is 1.86 bits per heavy atom. The molecule has 2 aromatic heterocycles. The van der Waals surface area contributed by atoms with Crippen LogP contribution in [0.1, 0.15) is 15.9 Å². The Balaban J connectivity index is 1.58. The molecular weight excluding hydrogens is 359 g/mol.